The Kier molecular flexibility index (Phi) is 6.52. The maximum atomic E-state index is 13.7. The van der Waals surface area contributed by atoms with Crippen molar-refractivity contribution in [1.29, 1.82) is 0 Å². The van der Waals surface area contributed by atoms with E-state index in [4.69, 9.17) is 21.1 Å². The normalized spacial score (nSPS) is 35.1. The number of halogens is 1. The van der Waals surface area contributed by atoms with Gasteiger partial charge in [0.05, 0.1) is 5.41 Å². The summed E-state index contributed by atoms with van der Waals surface area (Å²) in [4.78, 5) is 50.6. The van der Waals surface area contributed by atoms with Gasteiger partial charge >= 0.3 is 11.9 Å². The van der Waals surface area contributed by atoms with Crippen molar-refractivity contribution in [2.24, 2.45) is 22.7 Å². The zero-order valence-corrected chi connectivity index (χ0v) is 19.4. The van der Waals surface area contributed by atoms with E-state index < -0.39 is 29.6 Å². The van der Waals surface area contributed by atoms with Crippen LogP contribution in [-0.4, -0.2) is 41.6 Å². The van der Waals surface area contributed by atoms with E-state index in [0.29, 0.717) is 24.0 Å². The summed E-state index contributed by atoms with van der Waals surface area (Å²) in [6.45, 7) is 11.3. The predicted octanol–water partition coefficient (Wildman–Crippen LogP) is 3.95. The minimum absolute atomic E-state index is 0.00273. The lowest BCUT2D eigenvalue weighted by Crippen LogP contribution is -2.57. The highest BCUT2D eigenvalue weighted by Crippen LogP contribution is 2.56. The molecule has 0 unspecified atom stereocenters. The first-order chi connectivity index (χ1) is 14.4. The minimum atomic E-state index is -0.958. The average molecular weight is 451 g/mol. The highest BCUT2D eigenvalue weighted by atomic mass is 35.5. The molecule has 3 aliphatic carbocycles. The highest BCUT2D eigenvalue weighted by Gasteiger charge is 2.58. The Morgan fingerprint density at radius 1 is 1.19 bits per heavy atom. The third-order valence-electron chi connectivity index (χ3n) is 7.54. The van der Waals surface area contributed by atoms with Gasteiger partial charge in [-0.2, -0.15) is 0 Å². The van der Waals surface area contributed by atoms with Crippen molar-refractivity contribution in [1.82, 2.24) is 0 Å². The number of esters is 2. The molecule has 0 radical (unpaired) electrons. The molecule has 0 aliphatic heterocycles. The van der Waals surface area contributed by atoms with Crippen molar-refractivity contribution in [2.45, 2.75) is 72.0 Å². The Labute approximate surface area is 188 Å². The number of rotatable bonds is 3. The third-order valence-corrected chi connectivity index (χ3v) is 7.76. The van der Waals surface area contributed by atoms with Gasteiger partial charge in [0.15, 0.2) is 5.78 Å². The second kappa shape index (κ2) is 8.53. The molecule has 0 aromatic carbocycles. The summed E-state index contributed by atoms with van der Waals surface area (Å²) in [6.07, 6.45) is 2.69. The van der Waals surface area contributed by atoms with E-state index >= 15 is 0 Å². The summed E-state index contributed by atoms with van der Waals surface area (Å²) in [5.74, 6) is -2.15. The van der Waals surface area contributed by atoms with Crippen molar-refractivity contribution in [2.75, 3.05) is 5.88 Å². The molecule has 0 N–H and O–H groups in total. The van der Waals surface area contributed by atoms with E-state index in [1.54, 1.807) is 6.08 Å². The van der Waals surface area contributed by atoms with E-state index in [2.05, 4.69) is 20.4 Å². The first-order valence-corrected chi connectivity index (χ1v) is 11.4. The van der Waals surface area contributed by atoms with Crippen molar-refractivity contribution in [3.05, 3.63) is 23.8 Å². The lowest BCUT2D eigenvalue weighted by atomic mass is 9.51. The zero-order chi connectivity index (χ0) is 23.1. The summed E-state index contributed by atoms with van der Waals surface area (Å²) in [5.41, 5.74) is -0.429. The lowest BCUT2D eigenvalue weighted by molar-refractivity contribution is -0.178. The van der Waals surface area contributed by atoms with E-state index in [1.807, 2.05) is 6.92 Å². The summed E-state index contributed by atoms with van der Waals surface area (Å²) in [5, 5.41) is 0. The van der Waals surface area contributed by atoms with Crippen molar-refractivity contribution in [3.8, 4) is 0 Å². The Balaban J connectivity index is 2.12. The van der Waals surface area contributed by atoms with Crippen LogP contribution in [0.3, 0.4) is 0 Å². The molecule has 2 bridgehead atoms. The second-order valence-electron chi connectivity index (χ2n) is 9.85. The van der Waals surface area contributed by atoms with E-state index in [1.165, 1.54) is 6.92 Å². The molecule has 0 spiro atoms. The number of carbonyl (C=O) groups is 4. The Hall–Kier alpha value is -1.95. The minimum Gasteiger partial charge on any atom is -0.461 e. The topological polar surface area (TPSA) is 86.7 Å². The number of Topliss-reactive ketones (excluding diaryl/α,β-unsaturated/α-hetero) is 2. The smallest absolute Gasteiger partial charge is 0.321 e. The molecule has 3 aliphatic rings. The average Bonchev–Trinajstić information content (AvgIpc) is 2.97. The van der Waals surface area contributed by atoms with E-state index in [9.17, 15) is 19.2 Å². The van der Waals surface area contributed by atoms with Gasteiger partial charge in [-0.25, -0.2) is 0 Å². The molecule has 6 nitrogen and oxygen atoms in total. The summed E-state index contributed by atoms with van der Waals surface area (Å²) < 4.78 is 11.3. The summed E-state index contributed by atoms with van der Waals surface area (Å²) in [7, 11) is 0. The maximum Gasteiger partial charge on any atom is 0.321 e. The van der Waals surface area contributed by atoms with Crippen LogP contribution in [0.5, 0.6) is 0 Å². The van der Waals surface area contributed by atoms with Crippen LogP contribution in [-0.2, 0) is 28.7 Å². The van der Waals surface area contributed by atoms with Gasteiger partial charge in [0.2, 0.25) is 0 Å². The first-order valence-electron chi connectivity index (χ1n) is 10.8. The lowest BCUT2D eigenvalue weighted by Gasteiger charge is -2.54. The van der Waals surface area contributed by atoms with Gasteiger partial charge in [-0.15, -0.1) is 11.6 Å². The van der Waals surface area contributed by atoms with Gasteiger partial charge in [0.25, 0.3) is 0 Å². The van der Waals surface area contributed by atoms with Crippen LogP contribution in [0.15, 0.2) is 23.8 Å². The number of ketones is 2. The predicted molar refractivity (Wildman–Crippen MR) is 115 cm³/mol. The number of hydrogen-bond donors (Lipinski definition) is 0. The maximum absolute atomic E-state index is 13.7. The van der Waals surface area contributed by atoms with Crippen LogP contribution in [0.25, 0.3) is 0 Å². The van der Waals surface area contributed by atoms with Crippen LogP contribution in [0.4, 0.5) is 0 Å². The molecular formula is C24H31ClO6. The van der Waals surface area contributed by atoms with Gasteiger partial charge < -0.3 is 9.47 Å². The number of ether oxygens (including phenoxy) is 2. The zero-order valence-electron chi connectivity index (χ0n) is 18.7. The fourth-order valence-corrected chi connectivity index (χ4v) is 5.85. The molecule has 1 fully saturated rings. The number of allylic oxidation sites excluding steroid dienone is 2. The molecule has 0 aromatic heterocycles. The molecular weight excluding hydrogens is 420 g/mol. The summed E-state index contributed by atoms with van der Waals surface area (Å²) in [6, 6.07) is 0. The molecule has 3 rings (SSSR count). The standard InChI is InChI=1S/C24H31ClO6/c1-13-15-6-7-19(27)24(5)18(23(3,4)9-8-20(24)30-14(2)26)11-17(31-21(28)12-25)16(10-15)22(13)29/h10,15,17-18,20H,1,6-9,11-12H2,2-5H3/t15-,17-,18-,20-,24-/m1/s1. The van der Waals surface area contributed by atoms with Gasteiger partial charge in [0.1, 0.15) is 23.9 Å². The first kappa shape index (κ1) is 23.7. The molecule has 0 heterocycles. The largest absolute Gasteiger partial charge is 0.461 e. The number of alkyl halides is 1. The molecule has 7 heteroatoms. The number of fused-ring (bicyclic) bond motifs is 2. The van der Waals surface area contributed by atoms with Gasteiger partial charge in [-0.3, -0.25) is 19.2 Å². The highest BCUT2D eigenvalue weighted by molar-refractivity contribution is 6.26. The fourth-order valence-electron chi connectivity index (χ4n) is 5.79. The molecule has 0 saturated heterocycles. The van der Waals surface area contributed by atoms with Crippen LogP contribution < -0.4 is 0 Å². The van der Waals surface area contributed by atoms with Crippen molar-refractivity contribution < 1.29 is 28.7 Å². The molecule has 170 valence electrons. The van der Waals surface area contributed by atoms with E-state index in [-0.39, 0.29) is 47.5 Å². The van der Waals surface area contributed by atoms with Crippen LogP contribution in [0.2, 0.25) is 0 Å². The number of carbonyl (C=O) groups excluding carboxylic acids is 4. The molecule has 5 atom stereocenters. The molecule has 31 heavy (non-hydrogen) atoms. The van der Waals surface area contributed by atoms with Gasteiger partial charge in [-0.1, -0.05) is 26.5 Å². The van der Waals surface area contributed by atoms with Crippen LogP contribution in [0.1, 0.15) is 59.8 Å². The Bertz CT molecular complexity index is 856. The Morgan fingerprint density at radius 2 is 1.87 bits per heavy atom. The van der Waals surface area contributed by atoms with E-state index in [0.717, 1.165) is 6.42 Å². The molecule has 0 amide bonds. The van der Waals surface area contributed by atoms with Crippen LogP contribution >= 0.6 is 11.6 Å². The van der Waals surface area contributed by atoms with Crippen molar-refractivity contribution >= 4 is 35.1 Å². The number of hydrogen-bond acceptors (Lipinski definition) is 6. The third kappa shape index (κ3) is 4.23. The van der Waals surface area contributed by atoms with Crippen LogP contribution in [0, 0.1) is 22.7 Å². The van der Waals surface area contributed by atoms with Gasteiger partial charge in [-0.05, 0) is 49.5 Å². The second-order valence-corrected chi connectivity index (χ2v) is 10.1. The van der Waals surface area contributed by atoms with Crippen molar-refractivity contribution in [3.63, 3.8) is 0 Å². The summed E-state index contributed by atoms with van der Waals surface area (Å²) >= 11 is 5.69. The molecule has 0 aromatic rings. The SMILES string of the molecule is C=C1C(=O)C2=C[C@H]1CCC(=O)[C@@]1(C)[C@H](C[C@H]2OC(=O)CCl)C(C)(C)CC[C@H]1OC(C)=O. The Morgan fingerprint density at radius 3 is 2.48 bits per heavy atom. The van der Waals surface area contributed by atoms with Gasteiger partial charge in [0, 0.05) is 24.8 Å². The fraction of sp³-hybridized carbons (Fsp3) is 0.667. The molecule has 1 saturated carbocycles. The quantitative estimate of drug-likeness (QED) is 0.367. The monoisotopic (exact) mass is 450 g/mol.